The summed E-state index contributed by atoms with van der Waals surface area (Å²) in [5.41, 5.74) is 4.64. The Bertz CT molecular complexity index is 421. The summed E-state index contributed by atoms with van der Waals surface area (Å²) in [4.78, 5) is 0. The molecule has 0 amide bonds. The van der Waals surface area contributed by atoms with Gasteiger partial charge in [0.25, 0.3) is 0 Å². The number of piperidine rings is 1. The van der Waals surface area contributed by atoms with E-state index in [0.717, 1.165) is 32.4 Å². The van der Waals surface area contributed by atoms with Gasteiger partial charge in [-0.25, -0.2) is 0 Å². The molecule has 98 valence electrons. The molecule has 1 aromatic rings. The molecular formula is C16H23NO. The van der Waals surface area contributed by atoms with Gasteiger partial charge in [0, 0.05) is 6.61 Å². The van der Waals surface area contributed by atoms with Crippen molar-refractivity contribution in [3.05, 3.63) is 34.9 Å². The van der Waals surface area contributed by atoms with Gasteiger partial charge in [0.15, 0.2) is 0 Å². The lowest BCUT2D eigenvalue weighted by Gasteiger charge is -2.36. The highest BCUT2D eigenvalue weighted by Gasteiger charge is 2.31. The fourth-order valence-electron chi connectivity index (χ4n) is 3.52. The van der Waals surface area contributed by atoms with E-state index in [1.165, 1.54) is 24.8 Å². The Kier molecular flexibility index (Phi) is 3.40. The van der Waals surface area contributed by atoms with Crippen LogP contribution in [0.25, 0.3) is 0 Å². The number of benzene rings is 1. The zero-order valence-electron chi connectivity index (χ0n) is 11.0. The number of nitrogens with one attached hydrogen (secondary N) is 1. The Morgan fingerprint density at radius 1 is 1.11 bits per heavy atom. The van der Waals surface area contributed by atoms with Gasteiger partial charge in [0.1, 0.15) is 0 Å². The van der Waals surface area contributed by atoms with Crippen LogP contribution in [0.5, 0.6) is 0 Å². The van der Waals surface area contributed by atoms with Gasteiger partial charge in [-0.15, -0.1) is 0 Å². The van der Waals surface area contributed by atoms with Crippen LogP contribution in [0.3, 0.4) is 0 Å². The normalized spacial score (nSPS) is 21.8. The monoisotopic (exact) mass is 245 g/mol. The van der Waals surface area contributed by atoms with Crippen molar-refractivity contribution < 1.29 is 5.11 Å². The third-order valence-corrected chi connectivity index (χ3v) is 4.74. The van der Waals surface area contributed by atoms with Gasteiger partial charge in [-0.05, 0) is 73.7 Å². The molecule has 0 bridgehead atoms. The number of aryl methyl sites for hydroxylation is 2. The minimum Gasteiger partial charge on any atom is -0.396 e. The number of fused-ring (bicyclic) bond motifs is 1. The van der Waals surface area contributed by atoms with Crippen molar-refractivity contribution in [3.8, 4) is 0 Å². The maximum atomic E-state index is 9.77. The summed E-state index contributed by atoms with van der Waals surface area (Å²) in [5.74, 6) is 0. The molecule has 2 nitrogen and oxygen atoms in total. The van der Waals surface area contributed by atoms with Gasteiger partial charge in [0.2, 0.25) is 0 Å². The summed E-state index contributed by atoms with van der Waals surface area (Å²) < 4.78 is 0. The molecule has 1 aliphatic heterocycles. The highest BCUT2D eigenvalue weighted by atomic mass is 16.3. The molecule has 0 spiro atoms. The molecule has 0 saturated carbocycles. The Morgan fingerprint density at radius 2 is 1.89 bits per heavy atom. The third-order valence-electron chi connectivity index (χ3n) is 4.74. The lowest BCUT2D eigenvalue weighted by atomic mass is 9.75. The average Bonchev–Trinajstić information content (AvgIpc) is 2.87. The van der Waals surface area contributed by atoms with E-state index in [-0.39, 0.29) is 5.41 Å². The zero-order valence-corrected chi connectivity index (χ0v) is 11.0. The number of aliphatic hydroxyl groups excluding tert-OH is 1. The molecule has 0 atom stereocenters. The van der Waals surface area contributed by atoms with Gasteiger partial charge in [-0.1, -0.05) is 18.2 Å². The van der Waals surface area contributed by atoms with Gasteiger partial charge in [-0.3, -0.25) is 0 Å². The van der Waals surface area contributed by atoms with E-state index in [4.69, 9.17) is 0 Å². The van der Waals surface area contributed by atoms with Crippen LogP contribution in [0, 0.1) is 5.41 Å². The van der Waals surface area contributed by atoms with Crippen LogP contribution in [0.15, 0.2) is 18.2 Å². The van der Waals surface area contributed by atoms with E-state index in [0.29, 0.717) is 6.61 Å². The highest BCUT2D eigenvalue weighted by Crippen LogP contribution is 2.33. The Balaban J connectivity index is 1.78. The van der Waals surface area contributed by atoms with Crippen molar-refractivity contribution in [1.82, 2.24) is 5.32 Å². The molecule has 1 saturated heterocycles. The Morgan fingerprint density at radius 3 is 2.67 bits per heavy atom. The van der Waals surface area contributed by atoms with Gasteiger partial charge < -0.3 is 10.4 Å². The van der Waals surface area contributed by atoms with Crippen molar-refractivity contribution >= 4 is 0 Å². The molecule has 1 aliphatic carbocycles. The van der Waals surface area contributed by atoms with Crippen LogP contribution < -0.4 is 5.32 Å². The smallest absolute Gasteiger partial charge is 0.0491 e. The third kappa shape index (κ3) is 2.32. The summed E-state index contributed by atoms with van der Waals surface area (Å²) in [6.07, 6.45) is 7.05. The fourth-order valence-corrected chi connectivity index (χ4v) is 3.52. The first-order valence-electron chi connectivity index (χ1n) is 7.24. The minimum atomic E-state index is 0.123. The van der Waals surface area contributed by atoms with Crippen LogP contribution in [-0.4, -0.2) is 24.8 Å². The minimum absolute atomic E-state index is 0.123. The molecule has 1 fully saturated rings. The zero-order chi connectivity index (χ0) is 12.4. The van der Waals surface area contributed by atoms with Crippen molar-refractivity contribution in [1.29, 1.82) is 0 Å². The van der Waals surface area contributed by atoms with Crippen LogP contribution >= 0.6 is 0 Å². The molecule has 2 aliphatic rings. The second-order valence-electron chi connectivity index (χ2n) is 6.04. The van der Waals surface area contributed by atoms with Crippen LogP contribution in [0.1, 0.15) is 36.0 Å². The lowest BCUT2D eigenvalue weighted by molar-refractivity contribution is 0.0893. The van der Waals surface area contributed by atoms with E-state index in [1.54, 1.807) is 11.1 Å². The standard InChI is InChI=1S/C16H23NO/c18-12-16(6-8-17-9-7-16)11-13-4-5-14-2-1-3-15(14)10-13/h4-5,10,17-18H,1-3,6-9,11-12H2. The molecule has 0 radical (unpaired) electrons. The molecule has 3 rings (SSSR count). The molecule has 1 aromatic carbocycles. The molecular weight excluding hydrogens is 222 g/mol. The molecule has 0 aromatic heterocycles. The number of rotatable bonds is 3. The first-order valence-corrected chi connectivity index (χ1v) is 7.24. The summed E-state index contributed by atoms with van der Waals surface area (Å²) in [7, 11) is 0. The van der Waals surface area contributed by atoms with E-state index in [2.05, 4.69) is 23.5 Å². The van der Waals surface area contributed by atoms with Gasteiger partial charge >= 0.3 is 0 Å². The lowest BCUT2D eigenvalue weighted by Crippen LogP contribution is -2.40. The SMILES string of the molecule is OCC1(Cc2ccc3c(c2)CCC3)CCNCC1. The second-order valence-corrected chi connectivity index (χ2v) is 6.04. The molecule has 0 unspecified atom stereocenters. The molecule has 2 heteroatoms. The first-order chi connectivity index (χ1) is 8.81. The quantitative estimate of drug-likeness (QED) is 0.854. The van der Waals surface area contributed by atoms with E-state index >= 15 is 0 Å². The Hall–Kier alpha value is -0.860. The van der Waals surface area contributed by atoms with Crippen molar-refractivity contribution in [2.45, 2.75) is 38.5 Å². The topological polar surface area (TPSA) is 32.3 Å². The summed E-state index contributed by atoms with van der Waals surface area (Å²) in [6.45, 7) is 2.42. The van der Waals surface area contributed by atoms with Crippen molar-refractivity contribution in [2.24, 2.45) is 5.41 Å². The number of hydrogen-bond acceptors (Lipinski definition) is 2. The van der Waals surface area contributed by atoms with Crippen LogP contribution in [0.4, 0.5) is 0 Å². The average molecular weight is 245 g/mol. The van der Waals surface area contributed by atoms with Gasteiger partial charge in [-0.2, -0.15) is 0 Å². The van der Waals surface area contributed by atoms with Crippen molar-refractivity contribution in [2.75, 3.05) is 19.7 Å². The summed E-state index contributed by atoms with van der Waals surface area (Å²) >= 11 is 0. The van der Waals surface area contributed by atoms with Gasteiger partial charge in [0.05, 0.1) is 0 Å². The molecule has 2 N–H and O–H groups in total. The summed E-state index contributed by atoms with van der Waals surface area (Å²) in [6, 6.07) is 6.98. The summed E-state index contributed by atoms with van der Waals surface area (Å²) in [5, 5.41) is 13.2. The van der Waals surface area contributed by atoms with Crippen LogP contribution in [0.2, 0.25) is 0 Å². The largest absolute Gasteiger partial charge is 0.396 e. The molecule has 1 heterocycles. The van der Waals surface area contributed by atoms with Crippen molar-refractivity contribution in [3.63, 3.8) is 0 Å². The van der Waals surface area contributed by atoms with E-state index < -0.39 is 0 Å². The maximum Gasteiger partial charge on any atom is 0.0491 e. The second kappa shape index (κ2) is 5.02. The number of aliphatic hydroxyl groups is 1. The predicted molar refractivity (Wildman–Crippen MR) is 73.8 cm³/mol. The number of hydrogen-bond donors (Lipinski definition) is 2. The van der Waals surface area contributed by atoms with E-state index in [9.17, 15) is 5.11 Å². The highest BCUT2D eigenvalue weighted by molar-refractivity contribution is 5.35. The fraction of sp³-hybridized carbons (Fsp3) is 0.625. The molecule has 18 heavy (non-hydrogen) atoms. The maximum absolute atomic E-state index is 9.77. The van der Waals surface area contributed by atoms with Crippen LogP contribution in [-0.2, 0) is 19.3 Å². The Labute approximate surface area is 109 Å². The first kappa shape index (κ1) is 12.2. The van der Waals surface area contributed by atoms with E-state index in [1.807, 2.05) is 0 Å². The predicted octanol–water partition coefficient (Wildman–Crippen LogP) is 2.08.